The summed E-state index contributed by atoms with van der Waals surface area (Å²) in [6.07, 6.45) is 1.46. The molecule has 0 N–H and O–H groups in total. The van der Waals surface area contributed by atoms with Crippen LogP contribution in [-0.4, -0.2) is 80.4 Å². The van der Waals surface area contributed by atoms with E-state index in [1.165, 1.54) is 10.5 Å². The van der Waals surface area contributed by atoms with Gasteiger partial charge in [0.15, 0.2) is 5.82 Å². The third-order valence-electron chi connectivity index (χ3n) is 6.08. The largest absolute Gasteiger partial charge is 0.379 e. The maximum atomic E-state index is 12.8. The Hall–Kier alpha value is -2.82. The van der Waals surface area contributed by atoms with Crippen LogP contribution in [0.2, 0.25) is 0 Å². The fourth-order valence-corrected chi connectivity index (χ4v) is 5.61. The number of anilines is 2. The zero-order valence-electron chi connectivity index (χ0n) is 18.0. The predicted molar refractivity (Wildman–Crippen MR) is 123 cm³/mol. The molecule has 1 aromatic carbocycles. The highest BCUT2D eigenvalue weighted by Gasteiger charge is 2.27. The van der Waals surface area contributed by atoms with E-state index in [0.29, 0.717) is 26.3 Å². The molecule has 0 unspecified atom stereocenters. The molecule has 2 aliphatic rings. The van der Waals surface area contributed by atoms with Gasteiger partial charge in [-0.3, -0.25) is 0 Å². The molecule has 10 heteroatoms. The van der Waals surface area contributed by atoms with Crippen molar-refractivity contribution in [2.45, 2.75) is 11.8 Å². The highest BCUT2D eigenvalue weighted by molar-refractivity contribution is 7.89. The Morgan fingerprint density at radius 1 is 0.844 bits per heavy atom. The number of piperazine rings is 1. The first-order chi connectivity index (χ1) is 15.5. The third kappa shape index (κ3) is 3.89. The molecule has 0 atom stereocenters. The van der Waals surface area contributed by atoms with Crippen molar-refractivity contribution >= 4 is 32.4 Å². The number of hydrogen-bond acceptors (Lipinski definition) is 8. The number of fused-ring (bicyclic) bond motifs is 1. The van der Waals surface area contributed by atoms with Crippen molar-refractivity contribution in [2.75, 3.05) is 62.3 Å². The normalized spacial score (nSPS) is 18.3. The first kappa shape index (κ1) is 21.0. The number of nitrogens with zero attached hydrogens (tertiary/aromatic N) is 6. The summed E-state index contributed by atoms with van der Waals surface area (Å²) in [5.74, 6) is 1.69. The van der Waals surface area contributed by atoms with Gasteiger partial charge < -0.3 is 14.5 Å². The van der Waals surface area contributed by atoms with Gasteiger partial charge in [-0.1, -0.05) is 24.3 Å². The summed E-state index contributed by atoms with van der Waals surface area (Å²) in [5.41, 5.74) is 0.930. The lowest BCUT2D eigenvalue weighted by Gasteiger charge is -2.36. The second-order valence-corrected chi connectivity index (χ2v) is 9.94. The summed E-state index contributed by atoms with van der Waals surface area (Å²) >= 11 is 0. The topological polar surface area (TPSA) is 91.8 Å². The SMILES string of the molecule is Cc1nnc(N2CCN(c3ccc(S(=O)(=O)N4CCOCC4)cn3)CC2)c2ccccc12. The molecule has 168 valence electrons. The van der Waals surface area contributed by atoms with Crippen LogP contribution < -0.4 is 9.80 Å². The van der Waals surface area contributed by atoms with Crippen LogP contribution in [0.15, 0.2) is 47.5 Å². The van der Waals surface area contributed by atoms with Crippen LogP contribution in [0.25, 0.3) is 10.8 Å². The lowest BCUT2D eigenvalue weighted by Crippen LogP contribution is -2.47. The standard InChI is InChI=1S/C22H26N6O3S/c1-17-19-4-2-3-5-20(19)22(25-24-17)27-10-8-26(9-11-27)21-7-6-18(16-23-21)32(29,30)28-12-14-31-15-13-28/h2-7,16H,8-15H2,1H3. The Labute approximate surface area is 187 Å². The highest BCUT2D eigenvalue weighted by atomic mass is 32.2. The first-order valence-corrected chi connectivity index (χ1v) is 12.2. The maximum absolute atomic E-state index is 12.8. The van der Waals surface area contributed by atoms with Gasteiger partial charge in [-0.15, -0.1) is 5.10 Å². The van der Waals surface area contributed by atoms with Gasteiger partial charge >= 0.3 is 0 Å². The Bertz CT molecular complexity index is 1200. The fourth-order valence-electron chi connectivity index (χ4n) is 4.25. The van der Waals surface area contributed by atoms with Crippen LogP contribution in [0.3, 0.4) is 0 Å². The number of morpholine rings is 1. The van der Waals surface area contributed by atoms with E-state index in [9.17, 15) is 8.42 Å². The molecule has 0 radical (unpaired) electrons. The van der Waals surface area contributed by atoms with Crippen molar-refractivity contribution in [2.24, 2.45) is 0 Å². The van der Waals surface area contributed by atoms with Crippen LogP contribution in [0.4, 0.5) is 11.6 Å². The molecule has 2 fully saturated rings. The van der Waals surface area contributed by atoms with Crippen molar-refractivity contribution in [1.82, 2.24) is 19.5 Å². The first-order valence-electron chi connectivity index (χ1n) is 10.8. The number of aromatic nitrogens is 3. The summed E-state index contributed by atoms with van der Waals surface area (Å²) in [5, 5.41) is 11.1. The lowest BCUT2D eigenvalue weighted by atomic mass is 10.1. The van der Waals surface area contributed by atoms with Gasteiger partial charge in [0.2, 0.25) is 10.0 Å². The summed E-state index contributed by atoms with van der Waals surface area (Å²) in [6.45, 7) is 6.70. The average molecular weight is 455 g/mol. The van der Waals surface area contributed by atoms with E-state index in [0.717, 1.165) is 54.3 Å². The molecular weight excluding hydrogens is 428 g/mol. The molecule has 5 rings (SSSR count). The van der Waals surface area contributed by atoms with Crippen molar-refractivity contribution < 1.29 is 13.2 Å². The van der Waals surface area contributed by atoms with Crippen molar-refractivity contribution in [3.05, 3.63) is 48.3 Å². The second kappa shape index (κ2) is 8.61. The summed E-state index contributed by atoms with van der Waals surface area (Å²) < 4.78 is 32.3. The monoisotopic (exact) mass is 454 g/mol. The van der Waals surface area contributed by atoms with E-state index in [2.05, 4.69) is 37.1 Å². The number of pyridine rings is 1. The minimum absolute atomic E-state index is 0.225. The lowest BCUT2D eigenvalue weighted by molar-refractivity contribution is 0.0730. The molecule has 3 aromatic rings. The number of aryl methyl sites for hydroxylation is 1. The molecule has 0 saturated carbocycles. The summed E-state index contributed by atoms with van der Waals surface area (Å²) in [7, 11) is -3.53. The predicted octanol–water partition coefficient (Wildman–Crippen LogP) is 1.68. The smallest absolute Gasteiger partial charge is 0.244 e. The molecule has 0 amide bonds. The van der Waals surface area contributed by atoms with Crippen LogP contribution in [0, 0.1) is 6.92 Å². The fraction of sp³-hybridized carbons (Fsp3) is 0.409. The Morgan fingerprint density at radius 3 is 2.22 bits per heavy atom. The van der Waals surface area contributed by atoms with E-state index in [1.54, 1.807) is 12.1 Å². The van der Waals surface area contributed by atoms with Gasteiger partial charge in [-0.2, -0.15) is 9.40 Å². The van der Waals surface area contributed by atoms with Gasteiger partial charge in [0.25, 0.3) is 0 Å². The van der Waals surface area contributed by atoms with E-state index in [-0.39, 0.29) is 4.90 Å². The van der Waals surface area contributed by atoms with Gasteiger partial charge in [-0.25, -0.2) is 13.4 Å². The molecule has 2 aromatic heterocycles. The van der Waals surface area contributed by atoms with Crippen LogP contribution in [0.5, 0.6) is 0 Å². The maximum Gasteiger partial charge on any atom is 0.244 e. The molecule has 0 spiro atoms. The zero-order chi connectivity index (χ0) is 22.1. The molecule has 0 bridgehead atoms. The molecule has 4 heterocycles. The molecule has 9 nitrogen and oxygen atoms in total. The Morgan fingerprint density at radius 2 is 1.53 bits per heavy atom. The van der Waals surface area contributed by atoms with Crippen molar-refractivity contribution in [1.29, 1.82) is 0 Å². The zero-order valence-corrected chi connectivity index (χ0v) is 18.8. The quantitative estimate of drug-likeness (QED) is 0.588. The number of ether oxygens (including phenoxy) is 1. The minimum Gasteiger partial charge on any atom is -0.379 e. The summed E-state index contributed by atoms with van der Waals surface area (Å²) in [6, 6.07) is 11.7. The van der Waals surface area contributed by atoms with Crippen LogP contribution >= 0.6 is 0 Å². The van der Waals surface area contributed by atoms with Crippen LogP contribution in [-0.2, 0) is 14.8 Å². The van der Waals surface area contributed by atoms with Crippen molar-refractivity contribution in [3.8, 4) is 0 Å². The van der Waals surface area contributed by atoms with Gasteiger partial charge in [0, 0.05) is 56.2 Å². The second-order valence-electron chi connectivity index (χ2n) is 8.00. The number of benzene rings is 1. The van der Waals surface area contributed by atoms with E-state index in [1.807, 2.05) is 19.1 Å². The number of hydrogen-bond donors (Lipinski definition) is 0. The third-order valence-corrected chi connectivity index (χ3v) is 7.97. The Balaban J connectivity index is 1.28. The van der Waals surface area contributed by atoms with E-state index in [4.69, 9.17) is 4.74 Å². The molecule has 0 aliphatic carbocycles. The summed E-state index contributed by atoms with van der Waals surface area (Å²) in [4.78, 5) is 9.11. The Kier molecular flexibility index (Phi) is 5.66. The van der Waals surface area contributed by atoms with E-state index < -0.39 is 10.0 Å². The molecule has 32 heavy (non-hydrogen) atoms. The van der Waals surface area contributed by atoms with Crippen molar-refractivity contribution in [3.63, 3.8) is 0 Å². The van der Waals surface area contributed by atoms with Crippen LogP contribution in [0.1, 0.15) is 5.69 Å². The van der Waals surface area contributed by atoms with Gasteiger partial charge in [0.1, 0.15) is 10.7 Å². The molecule has 2 saturated heterocycles. The number of rotatable bonds is 4. The minimum atomic E-state index is -3.53. The van der Waals surface area contributed by atoms with Gasteiger partial charge in [-0.05, 0) is 19.1 Å². The number of sulfonamides is 1. The van der Waals surface area contributed by atoms with E-state index >= 15 is 0 Å². The highest BCUT2D eigenvalue weighted by Crippen LogP contribution is 2.27. The molecular formula is C22H26N6O3S. The molecule has 2 aliphatic heterocycles. The van der Waals surface area contributed by atoms with Gasteiger partial charge in [0.05, 0.1) is 18.9 Å². The average Bonchev–Trinajstić information content (AvgIpc) is 2.85.